The van der Waals surface area contributed by atoms with E-state index in [1.54, 1.807) is 0 Å². The van der Waals surface area contributed by atoms with Crippen LogP contribution in [0.25, 0.3) is 0 Å². The van der Waals surface area contributed by atoms with E-state index in [9.17, 15) is 19.5 Å². The summed E-state index contributed by atoms with van der Waals surface area (Å²) in [5.74, 6) is -2.14. The van der Waals surface area contributed by atoms with Crippen molar-refractivity contribution >= 4 is 17.8 Å². The molecular formula is C36H42N2O6. The molecule has 0 unspecified atom stereocenters. The Balaban J connectivity index is 1.57. The van der Waals surface area contributed by atoms with E-state index in [0.29, 0.717) is 25.7 Å². The van der Waals surface area contributed by atoms with Gasteiger partial charge < -0.3 is 25.2 Å². The fourth-order valence-corrected chi connectivity index (χ4v) is 5.47. The van der Waals surface area contributed by atoms with Crippen molar-refractivity contribution in [1.82, 2.24) is 10.6 Å². The van der Waals surface area contributed by atoms with Crippen molar-refractivity contribution in [3.63, 3.8) is 0 Å². The summed E-state index contributed by atoms with van der Waals surface area (Å²) in [4.78, 5) is 40.5. The van der Waals surface area contributed by atoms with Crippen molar-refractivity contribution in [2.75, 3.05) is 20.3 Å². The lowest BCUT2D eigenvalue weighted by Gasteiger charge is -2.31. The van der Waals surface area contributed by atoms with E-state index < -0.39 is 30.0 Å². The minimum Gasteiger partial charge on any atom is -0.455 e. The van der Waals surface area contributed by atoms with E-state index in [2.05, 4.69) is 10.6 Å². The third kappa shape index (κ3) is 9.89. The zero-order chi connectivity index (χ0) is 31.1. The fraction of sp³-hybridized carbons (Fsp3) is 0.361. The molecule has 1 aliphatic heterocycles. The van der Waals surface area contributed by atoms with Crippen LogP contribution in [0.1, 0.15) is 42.1 Å². The molecule has 2 amide bonds. The lowest BCUT2D eigenvalue weighted by atomic mass is 9.93. The monoisotopic (exact) mass is 598 g/mol. The van der Waals surface area contributed by atoms with Gasteiger partial charge in [-0.3, -0.25) is 14.4 Å². The maximum atomic E-state index is 13.7. The van der Waals surface area contributed by atoms with E-state index in [-0.39, 0.29) is 37.4 Å². The molecule has 1 aliphatic rings. The maximum absolute atomic E-state index is 13.7. The summed E-state index contributed by atoms with van der Waals surface area (Å²) in [5, 5.41) is 15.8. The second kappa shape index (κ2) is 17.1. The number of nitrogens with one attached hydrogen (secondary N) is 2. The number of benzene rings is 3. The van der Waals surface area contributed by atoms with Crippen molar-refractivity contribution in [3.05, 3.63) is 120 Å². The molecule has 44 heavy (non-hydrogen) atoms. The minimum absolute atomic E-state index is 0.0651. The molecule has 3 aromatic carbocycles. The molecule has 4 rings (SSSR count). The smallest absolute Gasteiger partial charge is 0.310 e. The third-order valence-electron chi connectivity index (χ3n) is 7.79. The topological polar surface area (TPSA) is 114 Å². The van der Waals surface area contributed by atoms with E-state index in [1.807, 2.05) is 103 Å². The van der Waals surface area contributed by atoms with Crippen LogP contribution < -0.4 is 10.6 Å². The Kier molecular flexibility index (Phi) is 12.7. The first-order chi connectivity index (χ1) is 21.5. The third-order valence-corrected chi connectivity index (χ3v) is 7.79. The molecule has 1 heterocycles. The van der Waals surface area contributed by atoms with Crippen molar-refractivity contribution in [1.29, 1.82) is 0 Å². The number of allylic oxidation sites excluding steroid dienone is 2. The number of cyclic esters (lactones) is 1. The average molecular weight is 599 g/mol. The molecule has 0 aromatic heterocycles. The molecule has 0 aliphatic carbocycles. The number of esters is 1. The van der Waals surface area contributed by atoms with E-state index in [1.165, 1.54) is 7.11 Å². The van der Waals surface area contributed by atoms with Crippen LogP contribution in [-0.4, -0.2) is 55.3 Å². The number of aliphatic hydroxyl groups is 1. The number of carbonyl (C=O) groups excluding carboxylic acids is 3. The van der Waals surface area contributed by atoms with Gasteiger partial charge in [-0.2, -0.15) is 0 Å². The van der Waals surface area contributed by atoms with Gasteiger partial charge in [0.15, 0.2) is 0 Å². The lowest BCUT2D eigenvalue weighted by molar-refractivity contribution is -0.158. The van der Waals surface area contributed by atoms with Gasteiger partial charge in [-0.25, -0.2) is 0 Å². The summed E-state index contributed by atoms with van der Waals surface area (Å²) in [7, 11) is 1.53. The van der Waals surface area contributed by atoms with Crippen LogP contribution in [0.2, 0.25) is 0 Å². The predicted molar refractivity (Wildman–Crippen MR) is 168 cm³/mol. The highest BCUT2D eigenvalue weighted by Gasteiger charge is 2.34. The molecule has 3 N–H and O–H groups in total. The summed E-state index contributed by atoms with van der Waals surface area (Å²) in [5.41, 5.74) is 2.75. The van der Waals surface area contributed by atoms with Gasteiger partial charge in [0.25, 0.3) is 0 Å². The summed E-state index contributed by atoms with van der Waals surface area (Å²) >= 11 is 0. The van der Waals surface area contributed by atoms with Gasteiger partial charge in [0.1, 0.15) is 6.10 Å². The van der Waals surface area contributed by atoms with Crippen LogP contribution in [0.15, 0.2) is 103 Å². The molecule has 0 spiro atoms. The Morgan fingerprint density at radius 1 is 0.909 bits per heavy atom. The van der Waals surface area contributed by atoms with Gasteiger partial charge >= 0.3 is 5.97 Å². The van der Waals surface area contributed by atoms with Gasteiger partial charge in [-0.15, -0.1) is 0 Å². The molecule has 3 aromatic rings. The van der Waals surface area contributed by atoms with Crippen LogP contribution in [0, 0.1) is 11.8 Å². The van der Waals surface area contributed by atoms with Crippen molar-refractivity contribution in [3.8, 4) is 0 Å². The number of hydrogen-bond donors (Lipinski definition) is 3. The first-order valence-electron chi connectivity index (χ1n) is 15.1. The van der Waals surface area contributed by atoms with Gasteiger partial charge in [-0.1, -0.05) is 103 Å². The van der Waals surface area contributed by atoms with Crippen LogP contribution in [0.5, 0.6) is 0 Å². The van der Waals surface area contributed by atoms with Crippen LogP contribution in [-0.2, 0) is 36.7 Å². The van der Waals surface area contributed by atoms with E-state index in [4.69, 9.17) is 9.47 Å². The molecule has 0 bridgehead atoms. The second-order valence-corrected chi connectivity index (χ2v) is 11.2. The van der Waals surface area contributed by atoms with Crippen molar-refractivity contribution in [2.24, 2.45) is 11.8 Å². The predicted octanol–water partition coefficient (Wildman–Crippen LogP) is 4.34. The highest BCUT2D eigenvalue weighted by atomic mass is 16.5. The molecule has 0 fully saturated rings. The molecule has 0 saturated carbocycles. The minimum atomic E-state index is -0.798. The van der Waals surface area contributed by atoms with Crippen molar-refractivity contribution < 1.29 is 29.0 Å². The highest BCUT2D eigenvalue weighted by molar-refractivity contribution is 5.86. The molecule has 5 atom stereocenters. The summed E-state index contributed by atoms with van der Waals surface area (Å²) in [6.07, 6.45) is 4.60. The molecule has 8 heteroatoms. The van der Waals surface area contributed by atoms with Gasteiger partial charge in [0.05, 0.1) is 37.1 Å². The number of ether oxygens (including phenoxy) is 2. The zero-order valence-corrected chi connectivity index (χ0v) is 25.1. The van der Waals surface area contributed by atoms with Crippen LogP contribution in [0.3, 0.4) is 0 Å². The summed E-state index contributed by atoms with van der Waals surface area (Å²) in [6, 6.07) is 27.6. The lowest BCUT2D eigenvalue weighted by Crippen LogP contribution is -2.48. The fourth-order valence-electron chi connectivity index (χ4n) is 5.47. The van der Waals surface area contributed by atoms with E-state index >= 15 is 0 Å². The van der Waals surface area contributed by atoms with E-state index in [0.717, 1.165) is 16.7 Å². The summed E-state index contributed by atoms with van der Waals surface area (Å²) < 4.78 is 11.6. The zero-order valence-electron chi connectivity index (χ0n) is 25.1. The standard InChI is InChI=1S/C36H42N2O6/c1-43-25-32-34(28-17-9-4-10-18-28)44-36(42)30(21-26-13-5-2-6-14-26)20-12-11-19-29(35(41)38-32)23-33(40)37-31(24-39)22-27-15-7-3-8-16-27/h2-18,29-32,34,39H,19-25H2,1H3,(H,37,40)(H,38,41)/t29-,30+,31+,32+,34+/m1/s1. The molecule has 0 radical (unpaired) electrons. The number of rotatable bonds is 11. The molecule has 232 valence electrons. The molecular weight excluding hydrogens is 556 g/mol. The first kappa shape index (κ1) is 32.6. The Labute approximate surface area is 259 Å². The highest BCUT2D eigenvalue weighted by Crippen LogP contribution is 2.27. The first-order valence-corrected chi connectivity index (χ1v) is 15.1. The van der Waals surface area contributed by atoms with Crippen LogP contribution >= 0.6 is 0 Å². The number of amides is 2. The number of carbonyl (C=O) groups is 3. The number of aliphatic hydroxyl groups excluding tert-OH is 1. The largest absolute Gasteiger partial charge is 0.455 e. The second-order valence-electron chi connectivity index (χ2n) is 11.2. The SMILES string of the molecule is COC[C@@H]1NC(=O)[C@@H](CC(=O)N[C@H](CO)Cc2ccccc2)CC=CC[C@@H](Cc2ccccc2)C(=O)O[C@H]1c1ccccc1. The van der Waals surface area contributed by atoms with Gasteiger partial charge in [-0.05, 0) is 42.4 Å². The maximum Gasteiger partial charge on any atom is 0.310 e. The van der Waals surface area contributed by atoms with Crippen LogP contribution in [0.4, 0.5) is 0 Å². The quantitative estimate of drug-likeness (QED) is 0.224. The van der Waals surface area contributed by atoms with Gasteiger partial charge in [0.2, 0.25) is 11.8 Å². The molecule has 8 nitrogen and oxygen atoms in total. The molecule has 0 saturated heterocycles. The Morgan fingerprint density at radius 3 is 2.11 bits per heavy atom. The van der Waals surface area contributed by atoms with Crippen molar-refractivity contribution in [2.45, 2.75) is 50.3 Å². The number of hydrogen-bond acceptors (Lipinski definition) is 6. The Morgan fingerprint density at radius 2 is 1.50 bits per heavy atom. The number of methoxy groups -OCH3 is 1. The normalized spacial score (nSPS) is 21.7. The Hall–Kier alpha value is -4.27. The Bertz CT molecular complexity index is 1350. The summed E-state index contributed by atoms with van der Waals surface area (Å²) in [6.45, 7) is -0.124. The average Bonchev–Trinajstić information content (AvgIpc) is 3.04. The van der Waals surface area contributed by atoms with Gasteiger partial charge in [0, 0.05) is 13.5 Å².